The number of ether oxygens (including phenoxy) is 1. The van der Waals surface area contributed by atoms with Gasteiger partial charge in [-0.15, -0.1) is 0 Å². The predicted molar refractivity (Wildman–Crippen MR) is 85.6 cm³/mol. The first-order valence-electron chi connectivity index (χ1n) is 7.72. The highest BCUT2D eigenvalue weighted by Gasteiger charge is 2.16. The third kappa shape index (κ3) is 5.76. The number of rotatable bonds is 3. The molecule has 1 aliphatic rings. The number of benzene rings is 1. The maximum absolute atomic E-state index is 11.7. The van der Waals surface area contributed by atoms with E-state index in [1.54, 1.807) is 0 Å². The lowest BCUT2D eigenvalue weighted by atomic mass is 9.91. The summed E-state index contributed by atoms with van der Waals surface area (Å²) in [6, 6.07) is 8.07. The molecule has 0 atom stereocenters. The van der Waals surface area contributed by atoms with Crippen molar-refractivity contribution >= 4 is 11.8 Å². The van der Waals surface area contributed by atoms with Crippen LogP contribution in [-0.4, -0.2) is 24.8 Å². The van der Waals surface area contributed by atoms with Gasteiger partial charge in [-0.3, -0.25) is 5.32 Å². The molecule has 1 fully saturated rings. The van der Waals surface area contributed by atoms with E-state index in [9.17, 15) is 4.79 Å². The Kier molecular flexibility index (Phi) is 5.23. The van der Waals surface area contributed by atoms with Crippen LogP contribution in [0.3, 0.4) is 0 Å². The van der Waals surface area contributed by atoms with Crippen molar-refractivity contribution in [2.45, 2.75) is 45.6 Å². The van der Waals surface area contributed by atoms with Crippen LogP contribution in [0.2, 0.25) is 0 Å². The van der Waals surface area contributed by atoms with Crippen LogP contribution in [0.1, 0.15) is 39.2 Å². The molecule has 1 aliphatic heterocycles. The van der Waals surface area contributed by atoms with Crippen molar-refractivity contribution in [2.75, 3.05) is 18.4 Å². The molecule has 2 N–H and O–H groups in total. The number of piperidine rings is 1. The summed E-state index contributed by atoms with van der Waals surface area (Å²) in [6.45, 7) is 7.82. The molecule has 0 saturated carbocycles. The van der Waals surface area contributed by atoms with Gasteiger partial charge in [-0.1, -0.05) is 12.1 Å². The molecule has 0 spiro atoms. The number of hydrogen-bond acceptors (Lipinski definition) is 3. The van der Waals surface area contributed by atoms with Crippen molar-refractivity contribution in [2.24, 2.45) is 5.92 Å². The molecule has 21 heavy (non-hydrogen) atoms. The Balaban J connectivity index is 1.85. The van der Waals surface area contributed by atoms with Gasteiger partial charge in [0, 0.05) is 5.69 Å². The van der Waals surface area contributed by atoms with Crippen LogP contribution in [0, 0.1) is 5.92 Å². The monoisotopic (exact) mass is 290 g/mol. The molecular weight excluding hydrogens is 264 g/mol. The molecule has 0 bridgehead atoms. The minimum absolute atomic E-state index is 0.409. The zero-order valence-corrected chi connectivity index (χ0v) is 13.2. The third-order valence-corrected chi connectivity index (χ3v) is 3.58. The zero-order chi connectivity index (χ0) is 15.3. The molecule has 0 aliphatic carbocycles. The summed E-state index contributed by atoms with van der Waals surface area (Å²) in [5, 5.41) is 6.15. The van der Waals surface area contributed by atoms with Gasteiger partial charge in [0.15, 0.2) is 0 Å². The van der Waals surface area contributed by atoms with Crippen molar-refractivity contribution < 1.29 is 9.53 Å². The van der Waals surface area contributed by atoms with Crippen molar-refractivity contribution in [3.8, 4) is 0 Å². The van der Waals surface area contributed by atoms with Crippen LogP contribution >= 0.6 is 0 Å². The minimum Gasteiger partial charge on any atom is -0.444 e. The second-order valence-corrected chi connectivity index (χ2v) is 6.72. The van der Waals surface area contributed by atoms with E-state index in [1.165, 1.54) is 18.4 Å². The van der Waals surface area contributed by atoms with Gasteiger partial charge in [0.25, 0.3) is 0 Å². The van der Waals surface area contributed by atoms with E-state index in [2.05, 4.69) is 22.8 Å². The first-order chi connectivity index (χ1) is 9.92. The molecule has 0 radical (unpaired) electrons. The molecular formula is C17H26N2O2. The summed E-state index contributed by atoms with van der Waals surface area (Å²) in [5.74, 6) is 0.774. The lowest BCUT2D eigenvalue weighted by molar-refractivity contribution is 0.0636. The summed E-state index contributed by atoms with van der Waals surface area (Å²) < 4.78 is 5.24. The highest BCUT2D eigenvalue weighted by atomic mass is 16.6. The van der Waals surface area contributed by atoms with Crippen LogP contribution in [-0.2, 0) is 11.2 Å². The van der Waals surface area contributed by atoms with Crippen molar-refractivity contribution in [3.05, 3.63) is 29.8 Å². The normalized spacial score (nSPS) is 16.5. The lowest BCUT2D eigenvalue weighted by Crippen LogP contribution is -2.28. The SMILES string of the molecule is CC(C)(C)OC(=O)Nc1ccc(CC2CCNCC2)cc1. The smallest absolute Gasteiger partial charge is 0.412 e. The first-order valence-corrected chi connectivity index (χ1v) is 7.72. The second kappa shape index (κ2) is 6.94. The molecule has 0 aromatic heterocycles. The van der Waals surface area contributed by atoms with E-state index in [0.717, 1.165) is 31.1 Å². The zero-order valence-electron chi connectivity index (χ0n) is 13.2. The van der Waals surface area contributed by atoms with Gasteiger partial charge in [-0.2, -0.15) is 0 Å². The molecule has 1 aromatic carbocycles. The van der Waals surface area contributed by atoms with E-state index < -0.39 is 11.7 Å². The highest BCUT2D eigenvalue weighted by molar-refractivity contribution is 5.84. The Labute approximate surface area is 127 Å². The Morgan fingerprint density at radius 3 is 2.43 bits per heavy atom. The third-order valence-electron chi connectivity index (χ3n) is 3.58. The second-order valence-electron chi connectivity index (χ2n) is 6.72. The molecule has 1 heterocycles. The number of amides is 1. The van der Waals surface area contributed by atoms with Gasteiger partial charge in [-0.05, 0) is 76.7 Å². The number of nitrogens with one attached hydrogen (secondary N) is 2. The minimum atomic E-state index is -0.473. The van der Waals surface area contributed by atoms with Crippen LogP contribution in [0.15, 0.2) is 24.3 Å². The summed E-state index contributed by atoms with van der Waals surface area (Å²) in [7, 11) is 0. The number of carbonyl (C=O) groups is 1. The topological polar surface area (TPSA) is 50.4 Å². The molecule has 1 saturated heterocycles. The molecule has 4 heteroatoms. The first kappa shape index (κ1) is 15.8. The Morgan fingerprint density at radius 1 is 1.24 bits per heavy atom. The van der Waals surface area contributed by atoms with Gasteiger partial charge in [0.2, 0.25) is 0 Å². The number of hydrogen-bond donors (Lipinski definition) is 2. The van der Waals surface area contributed by atoms with E-state index in [-0.39, 0.29) is 0 Å². The Bertz CT molecular complexity index is 457. The fourth-order valence-electron chi connectivity index (χ4n) is 2.56. The Morgan fingerprint density at radius 2 is 1.86 bits per heavy atom. The van der Waals surface area contributed by atoms with Crippen LogP contribution < -0.4 is 10.6 Å². The van der Waals surface area contributed by atoms with Crippen LogP contribution in [0.25, 0.3) is 0 Å². The standard InChI is InChI=1S/C17H26N2O2/c1-17(2,3)21-16(20)19-15-6-4-13(5-7-15)12-14-8-10-18-11-9-14/h4-7,14,18H,8-12H2,1-3H3,(H,19,20). The molecule has 4 nitrogen and oxygen atoms in total. The molecule has 0 unspecified atom stereocenters. The fourth-order valence-corrected chi connectivity index (χ4v) is 2.56. The van der Waals surface area contributed by atoms with E-state index >= 15 is 0 Å². The molecule has 2 rings (SSSR count). The summed E-state index contributed by atoms with van der Waals surface area (Å²) in [6.07, 6.45) is 3.21. The lowest BCUT2D eigenvalue weighted by Gasteiger charge is -2.22. The highest BCUT2D eigenvalue weighted by Crippen LogP contribution is 2.19. The maximum Gasteiger partial charge on any atom is 0.412 e. The van der Waals surface area contributed by atoms with Crippen molar-refractivity contribution in [3.63, 3.8) is 0 Å². The average molecular weight is 290 g/mol. The van der Waals surface area contributed by atoms with Gasteiger partial charge in [0.1, 0.15) is 5.60 Å². The van der Waals surface area contributed by atoms with Gasteiger partial charge in [-0.25, -0.2) is 4.79 Å². The van der Waals surface area contributed by atoms with Crippen molar-refractivity contribution in [1.82, 2.24) is 5.32 Å². The summed E-state index contributed by atoms with van der Waals surface area (Å²) >= 11 is 0. The van der Waals surface area contributed by atoms with Gasteiger partial charge >= 0.3 is 6.09 Å². The summed E-state index contributed by atoms with van der Waals surface area (Å²) in [4.78, 5) is 11.7. The largest absolute Gasteiger partial charge is 0.444 e. The number of anilines is 1. The van der Waals surface area contributed by atoms with Gasteiger partial charge < -0.3 is 10.1 Å². The Hall–Kier alpha value is -1.55. The van der Waals surface area contributed by atoms with Crippen LogP contribution in [0.4, 0.5) is 10.5 Å². The van der Waals surface area contributed by atoms with Crippen LogP contribution in [0.5, 0.6) is 0 Å². The average Bonchev–Trinajstić information content (AvgIpc) is 2.40. The molecule has 1 amide bonds. The number of carbonyl (C=O) groups excluding carboxylic acids is 1. The molecule has 1 aromatic rings. The molecule has 116 valence electrons. The van der Waals surface area contributed by atoms with E-state index in [1.807, 2.05) is 32.9 Å². The van der Waals surface area contributed by atoms with Crippen molar-refractivity contribution in [1.29, 1.82) is 0 Å². The summed E-state index contributed by atoms with van der Waals surface area (Å²) in [5.41, 5.74) is 1.63. The predicted octanol–water partition coefficient (Wildman–Crippen LogP) is 3.58. The van der Waals surface area contributed by atoms with E-state index in [4.69, 9.17) is 4.74 Å². The van der Waals surface area contributed by atoms with E-state index in [0.29, 0.717) is 0 Å². The van der Waals surface area contributed by atoms with Gasteiger partial charge in [0.05, 0.1) is 0 Å². The fraction of sp³-hybridized carbons (Fsp3) is 0.588. The quantitative estimate of drug-likeness (QED) is 0.894. The maximum atomic E-state index is 11.7.